The van der Waals surface area contributed by atoms with E-state index in [1.54, 1.807) is 36.4 Å². The number of nitrogens with zero attached hydrogens (tertiary/aromatic N) is 1. The van der Waals surface area contributed by atoms with Gasteiger partial charge in [0.2, 0.25) is 0 Å². The van der Waals surface area contributed by atoms with Gasteiger partial charge < -0.3 is 10.1 Å². The lowest BCUT2D eigenvalue weighted by Crippen LogP contribution is -2.29. The van der Waals surface area contributed by atoms with Gasteiger partial charge in [0.15, 0.2) is 6.61 Å². The van der Waals surface area contributed by atoms with E-state index in [0.717, 1.165) is 6.42 Å². The van der Waals surface area contributed by atoms with Gasteiger partial charge in [0.1, 0.15) is 11.6 Å². The molecule has 0 atom stereocenters. The number of ether oxygens (including phenoxy) is 1. The lowest BCUT2D eigenvalue weighted by molar-refractivity contribution is -0.118. The van der Waals surface area contributed by atoms with Crippen LogP contribution in [0.2, 0.25) is 5.02 Å². The normalized spacial score (nSPS) is 13.7. The van der Waals surface area contributed by atoms with Gasteiger partial charge >= 0.3 is 0 Å². The number of sulfonamides is 1. The molecule has 1 amide bonds. The smallest absolute Gasteiger partial charge is 0.262 e. The minimum Gasteiger partial charge on any atom is -0.484 e. The van der Waals surface area contributed by atoms with Gasteiger partial charge in [0, 0.05) is 23.7 Å². The zero-order chi connectivity index (χ0) is 19.3. The number of nitrogens with one attached hydrogen (secondary N) is 2. The molecule has 0 bridgehead atoms. The van der Waals surface area contributed by atoms with Gasteiger partial charge in [0.25, 0.3) is 15.9 Å². The van der Waals surface area contributed by atoms with Crippen molar-refractivity contribution in [1.82, 2.24) is 4.72 Å². The minimum atomic E-state index is -3.74. The highest BCUT2D eigenvalue weighted by Crippen LogP contribution is 2.18. The molecule has 142 valence electrons. The molecular formula is C18H18ClN3O4S. The Morgan fingerprint density at radius 2 is 2.00 bits per heavy atom. The highest BCUT2D eigenvalue weighted by atomic mass is 35.5. The second-order valence-electron chi connectivity index (χ2n) is 5.86. The van der Waals surface area contributed by atoms with Crippen LogP contribution < -0.4 is 14.8 Å². The zero-order valence-corrected chi connectivity index (χ0v) is 15.9. The molecule has 0 aromatic heterocycles. The lowest BCUT2D eigenvalue weighted by atomic mass is 10.3. The number of rotatable bonds is 6. The molecule has 0 spiro atoms. The Kier molecular flexibility index (Phi) is 5.98. The second-order valence-corrected chi connectivity index (χ2v) is 7.98. The van der Waals surface area contributed by atoms with E-state index in [1.807, 2.05) is 0 Å². The fourth-order valence-corrected chi connectivity index (χ4v) is 3.80. The average molecular weight is 408 g/mol. The van der Waals surface area contributed by atoms with E-state index < -0.39 is 15.9 Å². The number of halogens is 1. The topological polar surface area (TPSA) is 96.9 Å². The van der Waals surface area contributed by atoms with E-state index in [4.69, 9.17) is 16.3 Å². The number of hydrogen-bond donors (Lipinski definition) is 2. The van der Waals surface area contributed by atoms with Gasteiger partial charge in [-0.15, -0.1) is 0 Å². The first-order valence-corrected chi connectivity index (χ1v) is 10.1. The molecular weight excluding hydrogens is 390 g/mol. The third-order valence-electron chi connectivity index (χ3n) is 3.72. The summed E-state index contributed by atoms with van der Waals surface area (Å²) in [6, 6.07) is 12.7. The third kappa shape index (κ3) is 5.45. The van der Waals surface area contributed by atoms with Crippen LogP contribution in [0.25, 0.3) is 0 Å². The number of carbonyl (C=O) groups excluding carboxylic acids is 1. The number of carbonyl (C=O) groups is 1. The van der Waals surface area contributed by atoms with E-state index >= 15 is 0 Å². The van der Waals surface area contributed by atoms with Crippen molar-refractivity contribution in [2.75, 3.05) is 18.5 Å². The Morgan fingerprint density at radius 1 is 1.19 bits per heavy atom. The summed E-state index contributed by atoms with van der Waals surface area (Å²) in [5.41, 5.74) is 0.353. The molecule has 0 radical (unpaired) electrons. The summed E-state index contributed by atoms with van der Waals surface area (Å²) in [5.74, 6) is 0.507. The van der Waals surface area contributed by atoms with Gasteiger partial charge in [-0.1, -0.05) is 23.7 Å². The first kappa shape index (κ1) is 19.2. The number of amidine groups is 1. The van der Waals surface area contributed by atoms with Gasteiger partial charge in [0.05, 0.1) is 4.90 Å². The van der Waals surface area contributed by atoms with Crippen molar-refractivity contribution in [3.8, 4) is 5.75 Å². The molecule has 0 aliphatic carbocycles. The molecule has 0 unspecified atom stereocenters. The Labute approximate surface area is 162 Å². The molecule has 0 fully saturated rings. The summed E-state index contributed by atoms with van der Waals surface area (Å²) in [4.78, 5) is 16.2. The molecule has 7 nitrogen and oxygen atoms in total. The second kappa shape index (κ2) is 8.41. The highest BCUT2D eigenvalue weighted by Gasteiger charge is 2.18. The molecule has 0 saturated carbocycles. The number of benzene rings is 2. The van der Waals surface area contributed by atoms with Crippen LogP contribution in [0.1, 0.15) is 12.8 Å². The van der Waals surface area contributed by atoms with E-state index in [-0.39, 0.29) is 11.5 Å². The molecule has 0 saturated heterocycles. The molecule has 2 N–H and O–H groups in total. The van der Waals surface area contributed by atoms with Gasteiger partial charge in [-0.25, -0.2) is 8.42 Å². The SMILES string of the molecule is O=C(COc1cccc(Cl)c1)Nc1cccc(S(=O)(=O)NC2=NCCC2)c1. The van der Waals surface area contributed by atoms with E-state index in [9.17, 15) is 13.2 Å². The van der Waals surface area contributed by atoms with Gasteiger partial charge in [-0.05, 0) is 42.8 Å². The van der Waals surface area contributed by atoms with Crippen LogP contribution in [0.4, 0.5) is 5.69 Å². The van der Waals surface area contributed by atoms with Crippen molar-refractivity contribution in [3.05, 3.63) is 53.6 Å². The van der Waals surface area contributed by atoms with Crippen molar-refractivity contribution >= 4 is 39.1 Å². The van der Waals surface area contributed by atoms with Crippen LogP contribution in [0.15, 0.2) is 58.4 Å². The largest absolute Gasteiger partial charge is 0.484 e. The Bertz CT molecular complexity index is 976. The summed E-state index contributed by atoms with van der Waals surface area (Å²) in [6.45, 7) is 0.396. The van der Waals surface area contributed by atoms with Crippen molar-refractivity contribution in [1.29, 1.82) is 0 Å². The predicted octanol–water partition coefficient (Wildman–Crippen LogP) is 2.83. The van der Waals surface area contributed by atoms with Crippen LogP contribution in [-0.2, 0) is 14.8 Å². The lowest BCUT2D eigenvalue weighted by Gasteiger charge is -2.10. The minimum absolute atomic E-state index is 0.0469. The van der Waals surface area contributed by atoms with Crippen molar-refractivity contribution < 1.29 is 17.9 Å². The van der Waals surface area contributed by atoms with Crippen molar-refractivity contribution in [3.63, 3.8) is 0 Å². The maximum absolute atomic E-state index is 12.4. The quantitative estimate of drug-likeness (QED) is 0.769. The van der Waals surface area contributed by atoms with Gasteiger partial charge in [-0.2, -0.15) is 0 Å². The average Bonchev–Trinajstić information content (AvgIpc) is 3.13. The molecule has 3 rings (SSSR count). The fraction of sp³-hybridized carbons (Fsp3) is 0.222. The number of anilines is 1. The van der Waals surface area contributed by atoms with Crippen LogP contribution in [0.5, 0.6) is 5.75 Å². The summed E-state index contributed by atoms with van der Waals surface area (Å²) in [6.07, 6.45) is 1.44. The van der Waals surface area contributed by atoms with Crippen molar-refractivity contribution in [2.24, 2.45) is 4.99 Å². The molecule has 1 aliphatic heterocycles. The van der Waals surface area contributed by atoms with Crippen LogP contribution in [0.3, 0.4) is 0 Å². The fourth-order valence-electron chi connectivity index (χ4n) is 2.48. The number of amides is 1. The predicted molar refractivity (Wildman–Crippen MR) is 104 cm³/mol. The summed E-state index contributed by atoms with van der Waals surface area (Å²) in [7, 11) is -3.74. The summed E-state index contributed by atoms with van der Waals surface area (Å²) in [5, 5.41) is 3.12. The third-order valence-corrected chi connectivity index (χ3v) is 5.33. The van der Waals surface area contributed by atoms with Crippen molar-refractivity contribution in [2.45, 2.75) is 17.7 Å². The summed E-state index contributed by atoms with van der Waals surface area (Å²) >= 11 is 5.86. The van der Waals surface area contributed by atoms with E-state index in [2.05, 4.69) is 15.0 Å². The van der Waals surface area contributed by atoms with E-state index in [0.29, 0.717) is 35.3 Å². The first-order valence-electron chi connectivity index (χ1n) is 8.27. The maximum atomic E-state index is 12.4. The Balaban J connectivity index is 1.62. The molecule has 27 heavy (non-hydrogen) atoms. The molecule has 1 aliphatic rings. The molecule has 1 heterocycles. The zero-order valence-electron chi connectivity index (χ0n) is 14.3. The van der Waals surface area contributed by atoms with Crippen LogP contribution >= 0.6 is 11.6 Å². The van der Waals surface area contributed by atoms with Crippen LogP contribution in [0, 0.1) is 0 Å². The molecule has 9 heteroatoms. The summed E-state index contributed by atoms with van der Waals surface area (Å²) < 4.78 is 32.7. The Morgan fingerprint density at radius 3 is 2.74 bits per heavy atom. The van der Waals surface area contributed by atoms with Gasteiger partial charge in [-0.3, -0.25) is 14.5 Å². The van der Waals surface area contributed by atoms with E-state index in [1.165, 1.54) is 12.1 Å². The standard InChI is InChI=1S/C18H18ClN3O4S/c19-13-4-1-6-15(10-13)26-12-18(23)21-14-5-2-7-16(11-14)27(24,25)22-17-8-3-9-20-17/h1-2,4-7,10-11H,3,8-9,12H2,(H,20,22)(H,21,23). The first-order chi connectivity index (χ1) is 12.9. The molecule has 2 aromatic rings. The maximum Gasteiger partial charge on any atom is 0.262 e. The number of hydrogen-bond acceptors (Lipinski definition) is 5. The van der Waals surface area contributed by atoms with Crippen LogP contribution in [-0.4, -0.2) is 33.3 Å². The monoisotopic (exact) mass is 407 g/mol. The Hall–Kier alpha value is -2.58. The highest BCUT2D eigenvalue weighted by molar-refractivity contribution is 7.90. The molecule has 2 aromatic carbocycles. The number of aliphatic imine (C=N–C) groups is 1.